The Bertz CT molecular complexity index is 898. The second-order valence-electron chi connectivity index (χ2n) is 6.60. The van der Waals surface area contributed by atoms with Crippen LogP contribution in [0.1, 0.15) is 24.1 Å². The molecular formula is C23H24FN2O2+. The molecule has 0 aromatic heterocycles. The summed E-state index contributed by atoms with van der Waals surface area (Å²) in [5.74, 6) is 0.348. The first-order valence-corrected chi connectivity index (χ1v) is 9.26. The SMILES string of the molecule is C[C@H]([NH2+]CC(=O)Nc1ccc(OCc2ccccc2)cc1)c1ccccc1F. The van der Waals surface area contributed by atoms with Crippen molar-refractivity contribution in [3.05, 3.63) is 95.8 Å². The van der Waals surface area contributed by atoms with Gasteiger partial charge in [-0.15, -0.1) is 0 Å². The molecule has 0 radical (unpaired) electrons. The van der Waals surface area contributed by atoms with Gasteiger partial charge in [-0.25, -0.2) is 4.39 Å². The summed E-state index contributed by atoms with van der Waals surface area (Å²) >= 11 is 0. The molecular weight excluding hydrogens is 355 g/mol. The normalized spacial score (nSPS) is 11.6. The topological polar surface area (TPSA) is 54.9 Å². The minimum Gasteiger partial charge on any atom is -0.489 e. The van der Waals surface area contributed by atoms with Gasteiger partial charge in [0.05, 0.1) is 0 Å². The molecule has 0 aliphatic carbocycles. The van der Waals surface area contributed by atoms with Crippen LogP contribution < -0.4 is 15.4 Å². The Balaban J connectivity index is 1.46. The van der Waals surface area contributed by atoms with Gasteiger partial charge in [0.25, 0.3) is 5.91 Å². The lowest BCUT2D eigenvalue weighted by Gasteiger charge is -2.12. The third-order valence-electron chi connectivity index (χ3n) is 4.44. The number of carbonyl (C=O) groups is 1. The summed E-state index contributed by atoms with van der Waals surface area (Å²) in [6.07, 6.45) is 0. The summed E-state index contributed by atoms with van der Waals surface area (Å²) in [6.45, 7) is 2.59. The maximum absolute atomic E-state index is 13.8. The molecule has 0 saturated heterocycles. The average molecular weight is 379 g/mol. The Kier molecular flexibility index (Phi) is 6.76. The fraction of sp³-hybridized carbons (Fsp3) is 0.174. The van der Waals surface area contributed by atoms with Crippen molar-refractivity contribution in [1.82, 2.24) is 0 Å². The maximum Gasteiger partial charge on any atom is 0.279 e. The van der Waals surface area contributed by atoms with Crippen molar-refractivity contribution in [3.63, 3.8) is 0 Å². The van der Waals surface area contributed by atoms with Crippen LogP contribution in [0.5, 0.6) is 5.75 Å². The Morgan fingerprint density at radius 2 is 1.68 bits per heavy atom. The molecule has 4 nitrogen and oxygen atoms in total. The summed E-state index contributed by atoms with van der Waals surface area (Å²) in [4.78, 5) is 12.2. The number of carbonyl (C=O) groups excluding carboxylic acids is 1. The first-order chi connectivity index (χ1) is 13.6. The number of nitrogens with one attached hydrogen (secondary N) is 1. The number of ether oxygens (including phenoxy) is 1. The Hall–Kier alpha value is -3.18. The van der Waals surface area contributed by atoms with Gasteiger partial charge in [-0.2, -0.15) is 0 Å². The molecule has 0 saturated carbocycles. The van der Waals surface area contributed by atoms with E-state index in [0.29, 0.717) is 17.9 Å². The molecule has 3 N–H and O–H groups in total. The minimum absolute atomic E-state index is 0.138. The smallest absolute Gasteiger partial charge is 0.279 e. The van der Waals surface area contributed by atoms with Gasteiger partial charge >= 0.3 is 0 Å². The summed E-state index contributed by atoms with van der Waals surface area (Å²) < 4.78 is 19.5. The van der Waals surface area contributed by atoms with Crippen LogP contribution in [-0.2, 0) is 11.4 Å². The van der Waals surface area contributed by atoms with E-state index in [0.717, 1.165) is 11.3 Å². The van der Waals surface area contributed by atoms with E-state index in [2.05, 4.69) is 5.32 Å². The molecule has 3 rings (SSSR count). The van der Waals surface area contributed by atoms with Gasteiger partial charge in [-0.05, 0) is 42.8 Å². The zero-order valence-corrected chi connectivity index (χ0v) is 15.8. The number of hydrogen-bond donors (Lipinski definition) is 2. The highest BCUT2D eigenvalue weighted by molar-refractivity contribution is 5.91. The molecule has 0 aliphatic heterocycles. The van der Waals surface area contributed by atoms with Gasteiger partial charge in [0, 0.05) is 11.3 Å². The molecule has 1 atom stereocenters. The molecule has 3 aromatic carbocycles. The lowest BCUT2D eigenvalue weighted by molar-refractivity contribution is -0.682. The third-order valence-corrected chi connectivity index (χ3v) is 4.44. The molecule has 0 bridgehead atoms. The van der Waals surface area contributed by atoms with Crippen LogP contribution in [0.2, 0.25) is 0 Å². The summed E-state index contributed by atoms with van der Waals surface area (Å²) in [7, 11) is 0. The average Bonchev–Trinajstić information content (AvgIpc) is 2.72. The van der Waals surface area contributed by atoms with E-state index in [1.807, 2.05) is 54.7 Å². The van der Waals surface area contributed by atoms with Crippen LogP contribution in [-0.4, -0.2) is 12.5 Å². The van der Waals surface area contributed by atoms with Crippen molar-refractivity contribution < 1.29 is 19.2 Å². The number of hydrogen-bond acceptors (Lipinski definition) is 2. The lowest BCUT2D eigenvalue weighted by atomic mass is 10.1. The maximum atomic E-state index is 13.8. The first kappa shape index (κ1) is 19.6. The fourth-order valence-electron chi connectivity index (χ4n) is 2.84. The van der Waals surface area contributed by atoms with Crippen molar-refractivity contribution in [2.45, 2.75) is 19.6 Å². The minimum atomic E-state index is -0.252. The molecule has 28 heavy (non-hydrogen) atoms. The molecule has 0 heterocycles. The van der Waals surface area contributed by atoms with Crippen molar-refractivity contribution in [2.75, 3.05) is 11.9 Å². The van der Waals surface area contributed by atoms with Crippen LogP contribution >= 0.6 is 0 Å². The number of rotatable bonds is 8. The Morgan fingerprint density at radius 1 is 1.00 bits per heavy atom. The van der Waals surface area contributed by atoms with Crippen LogP contribution in [0.15, 0.2) is 78.9 Å². The largest absolute Gasteiger partial charge is 0.489 e. The highest BCUT2D eigenvalue weighted by atomic mass is 19.1. The van der Waals surface area contributed by atoms with Crippen molar-refractivity contribution in [3.8, 4) is 5.75 Å². The highest BCUT2D eigenvalue weighted by Crippen LogP contribution is 2.17. The van der Waals surface area contributed by atoms with Gasteiger partial charge < -0.3 is 15.4 Å². The highest BCUT2D eigenvalue weighted by Gasteiger charge is 2.15. The fourth-order valence-corrected chi connectivity index (χ4v) is 2.84. The molecule has 0 unspecified atom stereocenters. The quantitative estimate of drug-likeness (QED) is 0.627. The predicted molar refractivity (Wildman–Crippen MR) is 107 cm³/mol. The molecule has 0 aliphatic rings. The van der Waals surface area contributed by atoms with Crippen LogP contribution in [0.3, 0.4) is 0 Å². The first-order valence-electron chi connectivity index (χ1n) is 9.26. The van der Waals surface area contributed by atoms with Crippen LogP contribution in [0.25, 0.3) is 0 Å². The van der Waals surface area contributed by atoms with E-state index in [1.165, 1.54) is 6.07 Å². The summed E-state index contributed by atoms with van der Waals surface area (Å²) in [6, 6.07) is 23.7. The van der Waals surface area contributed by atoms with E-state index in [4.69, 9.17) is 4.74 Å². The zero-order valence-electron chi connectivity index (χ0n) is 15.8. The molecule has 144 valence electrons. The summed E-state index contributed by atoms with van der Waals surface area (Å²) in [5, 5.41) is 4.66. The molecule has 0 spiro atoms. The van der Waals surface area contributed by atoms with Gasteiger partial charge in [0.2, 0.25) is 0 Å². The van der Waals surface area contributed by atoms with Gasteiger partial charge in [0.1, 0.15) is 24.2 Å². The number of amides is 1. The Labute approximate surface area is 164 Å². The second kappa shape index (κ2) is 9.67. The van der Waals surface area contributed by atoms with Crippen LogP contribution in [0, 0.1) is 5.82 Å². The number of nitrogens with two attached hydrogens (primary N) is 1. The van der Waals surface area contributed by atoms with Crippen molar-refractivity contribution in [2.24, 2.45) is 0 Å². The number of quaternary nitrogens is 1. The molecule has 3 aromatic rings. The predicted octanol–water partition coefficient (Wildman–Crippen LogP) is 3.67. The van der Waals surface area contributed by atoms with Crippen molar-refractivity contribution >= 4 is 11.6 Å². The van der Waals surface area contributed by atoms with E-state index in [-0.39, 0.29) is 24.3 Å². The molecule has 1 amide bonds. The van der Waals surface area contributed by atoms with Gasteiger partial charge in [0.15, 0.2) is 6.54 Å². The van der Waals surface area contributed by atoms with Gasteiger partial charge in [-0.3, -0.25) is 4.79 Å². The Morgan fingerprint density at radius 3 is 2.39 bits per heavy atom. The monoisotopic (exact) mass is 379 g/mol. The summed E-state index contributed by atoms with van der Waals surface area (Å²) in [5.41, 5.74) is 2.39. The van der Waals surface area contributed by atoms with Gasteiger partial charge in [-0.1, -0.05) is 48.5 Å². The standard InChI is InChI=1S/C23H23FN2O2/c1-17(21-9-5-6-10-22(21)24)25-15-23(27)26-19-11-13-20(14-12-19)28-16-18-7-3-2-4-8-18/h2-14,17,25H,15-16H2,1H3,(H,26,27)/p+1/t17-/m0/s1. The lowest BCUT2D eigenvalue weighted by Crippen LogP contribution is -2.86. The zero-order chi connectivity index (χ0) is 19.8. The van der Waals surface area contributed by atoms with Crippen LogP contribution in [0.4, 0.5) is 10.1 Å². The number of anilines is 1. The van der Waals surface area contributed by atoms with E-state index < -0.39 is 0 Å². The number of halogens is 1. The molecule has 0 fully saturated rings. The molecule has 5 heteroatoms. The van der Waals surface area contributed by atoms with Crippen molar-refractivity contribution in [1.29, 1.82) is 0 Å². The number of benzene rings is 3. The van der Waals surface area contributed by atoms with E-state index in [1.54, 1.807) is 30.3 Å². The van der Waals surface area contributed by atoms with E-state index >= 15 is 0 Å². The second-order valence-corrected chi connectivity index (χ2v) is 6.60. The van der Waals surface area contributed by atoms with E-state index in [9.17, 15) is 9.18 Å². The third kappa shape index (κ3) is 5.66.